The quantitative estimate of drug-likeness (QED) is 0.668. The summed E-state index contributed by atoms with van der Waals surface area (Å²) in [5, 5.41) is 4.57. The van der Waals surface area contributed by atoms with Gasteiger partial charge in [-0.15, -0.1) is 11.3 Å². The first-order valence-electron chi connectivity index (χ1n) is 8.07. The number of aromatic amines is 1. The zero-order chi connectivity index (χ0) is 17.5. The van der Waals surface area contributed by atoms with Gasteiger partial charge in [-0.3, -0.25) is 14.2 Å². The number of hydrogen-bond acceptors (Lipinski definition) is 5. The molecule has 0 saturated heterocycles. The molecule has 0 aliphatic heterocycles. The number of nitrogens with zero attached hydrogens (tertiary/aromatic N) is 1. The van der Waals surface area contributed by atoms with Crippen LogP contribution in [0.4, 0.5) is 0 Å². The molecule has 1 amide bonds. The van der Waals surface area contributed by atoms with Crippen LogP contribution >= 0.6 is 11.3 Å². The Kier molecular flexibility index (Phi) is 6.74. The number of rotatable bonds is 9. The molecule has 0 bridgehead atoms. The van der Waals surface area contributed by atoms with Gasteiger partial charge < -0.3 is 15.0 Å². The summed E-state index contributed by atoms with van der Waals surface area (Å²) in [6.45, 7) is 5.34. The van der Waals surface area contributed by atoms with Gasteiger partial charge in [0.1, 0.15) is 4.70 Å². The van der Waals surface area contributed by atoms with E-state index in [-0.39, 0.29) is 30.5 Å². The fraction of sp³-hybridized carbons (Fsp3) is 0.562. The third-order valence-corrected chi connectivity index (χ3v) is 4.37. The van der Waals surface area contributed by atoms with Gasteiger partial charge in [0.25, 0.3) is 5.56 Å². The zero-order valence-corrected chi connectivity index (χ0v) is 14.8. The van der Waals surface area contributed by atoms with E-state index >= 15 is 0 Å². The minimum Gasteiger partial charge on any atom is -0.379 e. The summed E-state index contributed by atoms with van der Waals surface area (Å²) in [5.41, 5.74) is -0.167. The number of hydrogen-bond donors (Lipinski definition) is 2. The van der Waals surface area contributed by atoms with Gasteiger partial charge >= 0.3 is 5.69 Å². The van der Waals surface area contributed by atoms with Gasteiger partial charge in [-0.25, -0.2) is 4.79 Å². The lowest BCUT2D eigenvalue weighted by atomic mass is 10.3. The molecule has 0 radical (unpaired) electrons. The lowest BCUT2D eigenvalue weighted by molar-refractivity contribution is -0.121. The van der Waals surface area contributed by atoms with Crippen molar-refractivity contribution >= 4 is 27.5 Å². The Morgan fingerprint density at radius 1 is 1.38 bits per heavy atom. The smallest absolute Gasteiger partial charge is 0.328 e. The number of aromatic nitrogens is 2. The maximum atomic E-state index is 12.2. The third kappa shape index (κ3) is 5.04. The Labute approximate surface area is 143 Å². The molecule has 8 heteroatoms. The average molecular weight is 353 g/mol. The summed E-state index contributed by atoms with van der Waals surface area (Å²) in [4.78, 5) is 38.6. The molecule has 0 spiro atoms. The Bertz CT molecular complexity index is 790. The van der Waals surface area contributed by atoms with Crippen LogP contribution in [0, 0.1) is 0 Å². The highest BCUT2D eigenvalue weighted by atomic mass is 32.1. The minimum atomic E-state index is -0.433. The highest BCUT2D eigenvalue weighted by Crippen LogP contribution is 2.12. The van der Waals surface area contributed by atoms with E-state index in [1.54, 1.807) is 11.4 Å². The van der Waals surface area contributed by atoms with Gasteiger partial charge in [0, 0.05) is 26.1 Å². The summed E-state index contributed by atoms with van der Waals surface area (Å²) in [6.07, 6.45) is 1.67. The maximum absolute atomic E-state index is 12.2. The molecule has 2 aromatic heterocycles. The van der Waals surface area contributed by atoms with Gasteiger partial charge in [-0.05, 0) is 38.1 Å². The molecule has 132 valence electrons. The number of amides is 1. The molecule has 24 heavy (non-hydrogen) atoms. The SMILES string of the molecule is CC(C)OCCCNC(=O)CCCn1c(=O)[nH]c2ccsc2c1=O. The predicted molar refractivity (Wildman–Crippen MR) is 94.7 cm³/mol. The molecule has 0 atom stereocenters. The molecule has 0 saturated carbocycles. The Morgan fingerprint density at radius 3 is 2.92 bits per heavy atom. The normalized spacial score (nSPS) is 11.3. The van der Waals surface area contributed by atoms with Crippen LogP contribution in [0.1, 0.15) is 33.1 Å². The molecule has 2 aromatic rings. The molecule has 0 aliphatic rings. The second kappa shape index (κ2) is 8.79. The standard InChI is InChI=1S/C16H23N3O4S/c1-11(2)23-9-4-7-17-13(20)5-3-8-19-15(21)14-12(6-10-24-14)18-16(19)22/h6,10-11H,3-5,7-9H2,1-2H3,(H,17,20)(H,18,22). The molecule has 2 rings (SSSR count). The van der Waals surface area contributed by atoms with Gasteiger partial charge in [-0.1, -0.05) is 0 Å². The Hall–Kier alpha value is -1.93. The molecule has 2 heterocycles. The molecule has 0 unspecified atom stereocenters. The lowest BCUT2D eigenvalue weighted by Crippen LogP contribution is -2.35. The van der Waals surface area contributed by atoms with Crippen molar-refractivity contribution in [3.63, 3.8) is 0 Å². The summed E-state index contributed by atoms with van der Waals surface area (Å²) in [7, 11) is 0. The van der Waals surface area contributed by atoms with Gasteiger partial charge in [0.15, 0.2) is 0 Å². The fourth-order valence-electron chi connectivity index (χ4n) is 2.28. The zero-order valence-electron chi connectivity index (χ0n) is 14.0. The molecule has 2 N–H and O–H groups in total. The van der Waals surface area contributed by atoms with Crippen LogP contribution in [0.3, 0.4) is 0 Å². The number of nitrogens with one attached hydrogen (secondary N) is 2. The largest absolute Gasteiger partial charge is 0.379 e. The van der Waals surface area contributed by atoms with E-state index in [9.17, 15) is 14.4 Å². The van der Waals surface area contributed by atoms with Crippen LogP contribution in [0.25, 0.3) is 10.2 Å². The van der Waals surface area contributed by atoms with Crippen molar-refractivity contribution in [2.75, 3.05) is 13.2 Å². The van der Waals surface area contributed by atoms with E-state index in [2.05, 4.69) is 10.3 Å². The number of ether oxygens (including phenoxy) is 1. The van der Waals surface area contributed by atoms with E-state index in [1.807, 2.05) is 13.8 Å². The molecule has 0 fully saturated rings. The number of carbonyl (C=O) groups excluding carboxylic acids is 1. The van der Waals surface area contributed by atoms with Crippen LogP contribution in [0.2, 0.25) is 0 Å². The van der Waals surface area contributed by atoms with E-state index in [4.69, 9.17) is 4.74 Å². The van der Waals surface area contributed by atoms with Crippen molar-refractivity contribution in [3.8, 4) is 0 Å². The van der Waals surface area contributed by atoms with Crippen LogP contribution in [-0.4, -0.2) is 34.7 Å². The molecule has 0 aliphatic carbocycles. The van der Waals surface area contributed by atoms with Crippen LogP contribution < -0.4 is 16.6 Å². The maximum Gasteiger partial charge on any atom is 0.328 e. The van der Waals surface area contributed by atoms with Crippen molar-refractivity contribution in [2.45, 2.75) is 45.8 Å². The highest BCUT2D eigenvalue weighted by molar-refractivity contribution is 7.17. The fourth-order valence-corrected chi connectivity index (χ4v) is 3.08. The minimum absolute atomic E-state index is 0.0822. The first kappa shape index (κ1) is 18.4. The summed E-state index contributed by atoms with van der Waals surface area (Å²) in [6, 6.07) is 1.71. The first-order chi connectivity index (χ1) is 11.5. The molecular weight excluding hydrogens is 330 g/mol. The van der Waals surface area contributed by atoms with Crippen molar-refractivity contribution in [1.29, 1.82) is 0 Å². The van der Waals surface area contributed by atoms with E-state index in [1.165, 1.54) is 11.3 Å². The Balaban J connectivity index is 1.77. The topological polar surface area (TPSA) is 93.2 Å². The number of carbonyl (C=O) groups is 1. The van der Waals surface area contributed by atoms with Crippen molar-refractivity contribution < 1.29 is 9.53 Å². The molecule has 0 aromatic carbocycles. The second-order valence-electron chi connectivity index (χ2n) is 5.78. The molecular formula is C16H23N3O4S. The number of fused-ring (bicyclic) bond motifs is 1. The first-order valence-corrected chi connectivity index (χ1v) is 8.95. The Morgan fingerprint density at radius 2 is 2.17 bits per heavy atom. The van der Waals surface area contributed by atoms with E-state index in [0.717, 1.165) is 11.0 Å². The summed E-state index contributed by atoms with van der Waals surface area (Å²) < 4.78 is 7.08. The van der Waals surface area contributed by atoms with Crippen LogP contribution in [-0.2, 0) is 16.1 Å². The van der Waals surface area contributed by atoms with Gasteiger partial charge in [0.2, 0.25) is 5.91 Å². The van der Waals surface area contributed by atoms with Crippen molar-refractivity contribution in [2.24, 2.45) is 0 Å². The van der Waals surface area contributed by atoms with Gasteiger partial charge in [0.05, 0.1) is 11.6 Å². The van der Waals surface area contributed by atoms with Crippen molar-refractivity contribution in [3.05, 3.63) is 32.3 Å². The third-order valence-electron chi connectivity index (χ3n) is 3.47. The lowest BCUT2D eigenvalue weighted by Gasteiger charge is -2.08. The second-order valence-corrected chi connectivity index (χ2v) is 6.69. The number of thiophene rings is 1. The van der Waals surface area contributed by atoms with Gasteiger partial charge in [-0.2, -0.15) is 0 Å². The summed E-state index contributed by atoms with van der Waals surface area (Å²) >= 11 is 1.30. The van der Waals surface area contributed by atoms with Crippen LogP contribution in [0.15, 0.2) is 21.0 Å². The highest BCUT2D eigenvalue weighted by Gasteiger charge is 2.09. The van der Waals surface area contributed by atoms with Crippen LogP contribution in [0.5, 0.6) is 0 Å². The number of H-pyrrole nitrogens is 1. The monoisotopic (exact) mass is 353 g/mol. The summed E-state index contributed by atoms with van der Waals surface area (Å²) in [5.74, 6) is -0.0822. The van der Waals surface area contributed by atoms with E-state index in [0.29, 0.717) is 29.8 Å². The predicted octanol–water partition coefficient (Wildman–Crippen LogP) is 1.46. The van der Waals surface area contributed by atoms with E-state index < -0.39 is 5.69 Å². The average Bonchev–Trinajstić information content (AvgIpc) is 2.98. The molecule has 7 nitrogen and oxygen atoms in total. The van der Waals surface area contributed by atoms with Crippen molar-refractivity contribution in [1.82, 2.24) is 14.9 Å².